The predicted molar refractivity (Wildman–Crippen MR) is 143 cm³/mol. The molecule has 0 fully saturated rings. The molecular weight excluding hydrogens is 524 g/mol. The van der Waals surface area contributed by atoms with Gasteiger partial charge in [0.05, 0.1) is 16.6 Å². The van der Waals surface area contributed by atoms with Gasteiger partial charge in [-0.1, -0.05) is 88.7 Å². The lowest BCUT2D eigenvalue weighted by Crippen LogP contribution is -2.42. The number of hydrogen-bond donors (Lipinski definition) is 1. The summed E-state index contributed by atoms with van der Waals surface area (Å²) in [5, 5.41) is 3.07. The van der Waals surface area contributed by atoms with E-state index in [9.17, 15) is 13.2 Å². The van der Waals surface area contributed by atoms with Gasteiger partial charge in [0.15, 0.2) is 0 Å². The largest absolute Gasteiger partial charge is 0.344 e. The zero-order chi connectivity index (χ0) is 24.8. The SMILES string of the molecule is Cc1ccccc1[C@H](NC(=O)CN(c1ccc(Br)cc1)S(=O)(=O)c1ccccc1)c1ccccc1. The van der Waals surface area contributed by atoms with Gasteiger partial charge in [0.25, 0.3) is 10.0 Å². The normalized spacial score (nSPS) is 12.1. The number of amides is 1. The molecule has 0 unspecified atom stereocenters. The van der Waals surface area contributed by atoms with E-state index in [2.05, 4.69) is 21.2 Å². The number of anilines is 1. The Hall–Kier alpha value is -3.42. The minimum atomic E-state index is -3.98. The molecular formula is C28H25BrN2O3S. The average Bonchev–Trinajstić information content (AvgIpc) is 2.88. The second kappa shape index (κ2) is 10.9. The molecule has 4 rings (SSSR count). The van der Waals surface area contributed by atoms with Crippen LogP contribution in [0, 0.1) is 6.92 Å². The van der Waals surface area contributed by atoms with Crippen molar-refractivity contribution in [2.75, 3.05) is 10.8 Å². The van der Waals surface area contributed by atoms with Gasteiger partial charge < -0.3 is 5.32 Å². The lowest BCUT2D eigenvalue weighted by Gasteiger charge is -2.27. The molecule has 5 nitrogen and oxygen atoms in total. The third-order valence-corrected chi connectivity index (χ3v) is 7.99. The highest BCUT2D eigenvalue weighted by Gasteiger charge is 2.28. The first kappa shape index (κ1) is 24.7. The minimum Gasteiger partial charge on any atom is -0.344 e. The number of halogens is 1. The molecule has 0 aliphatic carbocycles. The van der Waals surface area contributed by atoms with Crippen LogP contribution in [0.1, 0.15) is 22.7 Å². The summed E-state index contributed by atoms with van der Waals surface area (Å²) in [5.74, 6) is -0.412. The van der Waals surface area contributed by atoms with E-state index >= 15 is 0 Å². The Morgan fingerprint density at radius 1 is 0.829 bits per heavy atom. The Kier molecular flexibility index (Phi) is 7.68. The maximum absolute atomic E-state index is 13.6. The number of nitrogens with zero attached hydrogens (tertiary/aromatic N) is 1. The van der Waals surface area contributed by atoms with Crippen LogP contribution >= 0.6 is 15.9 Å². The monoisotopic (exact) mass is 548 g/mol. The molecule has 35 heavy (non-hydrogen) atoms. The summed E-state index contributed by atoms with van der Waals surface area (Å²) in [6.07, 6.45) is 0. The Labute approximate surface area is 214 Å². The van der Waals surface area contributed by atoms with Gasteiger partial charge in [0.1, 0.15) is 6.54 Å². The first-order valence-corrected chi connectivity index (χ1v) is 13.3. The number of nitrogens with one attached hydrogen (secondary N) is 1. The minimum absolute atomic E-state index is 0.120. The van der Waals surface area contributed by atoms with Crippen LogP contribution in [0.25, 0.3) is 0 Å². The van der Waals surface area contributed by atoms with E-state index in [4.69, 9.17) is 0 Å². The van der Waals surface area contributed by atoms with Crippen molar-refractivity contribution in [3.05, 3.63) is 130 Å². The van der Waals surface area contributed by atoms with Crippen molar-refractivity contribution in [2.45, 2.75) is 17.9 Å². The van der Waals surface area contributed by atoms with Crippen molar-refractivity contribution in [1.82, 2.24) is 5.32 Å². The van der Waals surface area contributed by atoms with Crippen LogP contribution in [-0.4, -0.2) is 20.9 Å². The smallest absolute Gasteiger partial charge is 0.264 e. The van der Waals surface area contributed by atoms with Crippen molar-refractivity contribution >= 4 is 37.5 Å². The molecule has 4 aromatic rings. The molecule has 0 aromatic heterocycles. The molecule has 0 heterocycles. The van der Waals surface area contributed by atoms with Gasteiger partial charge in [0.2, 0.25) is 5.91 Å². The summed E-state index contributed by atoms with van der Waals surface area (Å²) in [7, 11) is -3.98. The van der Waals surface area contributed by atoms with Crippen molar-refractivity contribution in [1.29, 1.82) is 0 Å². The maximum Gasteiger partial charge on any atom is 0.264 e. The molecule has 178 valence electrons. The summed E-state index contributed by atoms with van der Waals surface area (Å²) in [4.78, 5) is 13.5. The second-order valence-corrected chi connectivity index (χ2v) is 10.8. The molecule has 0 saturated carbocycles. The number of aryl methyl sites for hydroxylation is 1. The average molecular weight is 549 g/mol. The van der Waals surface area contributed by atoms with E-state index in [1.165, 1.54) is 12.1 Å². The summed E-state index contributed by atoms with van der Waals surface area (Å²) < 4.78 is 29.1. The summed E-state index contributed by atoms with van der Waals surface area (Å²) in [6.45, 7) is 1.62. The highest BCUT2D eigenvalue weighted by Crippen LogP contribution is 2.27. The highest BCUT2D eigenvalue weighted by atomic mass is 79.9. The third-order valence-electron chi connectivity index (χ3n) is 5.67. The van der Waals surface area contributed by atoms with Gasteiger partial charge in [-0.15, -0.1) is 0 Å². The number of hydrogen-bond acceptors (Lipinski definition) is 3. The standard InChI is InChI=1S/C28H25BrN2O3S/c1-21-10-8-9-15-26(21)28(22-11-4-2-5-12-22)30-27(32)20-31(24-18-16-23(29)17-19-24)35(33,34)25-13-6-3-7-14-25/h2-19,28H,20H2,1H3,(H,30,32)/t28-/m1/s1. The quantitative estimate of drug-likeness (QED) is 0.300. The molecule has 1 amide bonds. The molecule has 0 spiro atoms. The number of sulfonamides is 1. The van der Waals surface area contributed by atoms with Crippen LogP contribution in [-0.2, 0) is 14.8 Å². The van der Waals surface area contributed by atoms with E-state index in [0.29, 0.717) is 5.69 Å². The van der Waals surface area contributed by atoms with Crippen LogP contribution < -0.4 is 9.62 Å². The number of rotatable bonds is 8. The molecule has 1 N–H and O–H groups in total. The Bertz CT molecular complexity index is 1390. The fourth-order valence-corrected chi connectivity index (χ4v) is 5.58. The molecule has 4 aromatic carbocycles. The Morgan fingerprint density at radius 2 is 1.40 bits per heavy atom. The number of carbonyl (C=O) groups excluding carboxylic acids is 1. The van der Waals surface area contributed by atoms with E-state index in [1.807, 2.05) is 61.5 Å². The first-order valence-electron chi connectivity index (χ1n) is 11.1. The molecule has 0 saturated heterocycles. The summed E-state index contributed by atoms with van der Waals surface area (Å²) in [6, 6.07) is 32.1. The van der Waals surface area contributed by atoms with Crippen LogP contribution in [0.4, 0.5) is 5.69 Å². The molecule has 0 radical (unpaired) electrons. The Balaban J connectivity index is 1.69. The highest BCUT2D eigenvalue weighted by molar-refractivity contribution is 9.10. The third kappa shape index (κ3) is 5.81. The van der Waals surface area contributed by atoms with E-state index in [1.54, 1.807) is 42.5 Å². The van der Waals surface area contributed by atoms with Gasteiger partial charge in [-0.25, -0.2) is 8.42 Å². The van der Waals surface area contributed by atoms with Crippen LogP contribution in [0.3, 0.4) is 0 Å². The van der Waals surface area contributed by atoms with Crippen molar-refractivity contribution in [3.63, 3.8) is 0 Å². The first-order chi connectivity index (χ1) is 16.9. The molecule has 0 aliphatic rings. The van der Waals surface area contributed by atoms with Gasteiger partial charge in [-0.3, -0.25) is 9.10 Å². The van der Waals surface area contributed by atoms with E-state index in [0.717, 1.165) is 25.5 Å². The van der Waals surface area contributed by atoms with Crippen molar-refractivity contribution in [2.24, 2.45) is 0 Å². The topological polar surface area (TPSA) is 66.5 Å². The molecule has 1 atom stereocenters. The molecule has 0 bridgehead atoms. The zero-order valence-corrected chi connectivity index (χ0v) is 21.5. The van der Waals surface area contributed by atoms with E-state index < -0.39 is 22.0 Å². The van der Waals surface area contributed by atoms with Gasteiger partial charge in [0, 0.05) is 4.47 Å². The van der Waals surface area contributed by atoms with Crippen molar-refractivity contribution < 1.29 is 13.2 Å². The van der Waals surface area contributed by atoms with Crippen LogP contribution in [0.15, 0.2) is 119 Å². The molecule has 7 heteroatoms. The second-order valence-electron chi connectivity index (χ2n) is 8.07. The van der Waals surface area contributed by atoms with Crippen LogP contribution in [0.2, 0.25) is 0 Å². The number of benzene rings is 4. The van der Waals surface area contributed by atoms with Gasteiger partial charge in [-0.05, 0) is 60.0 Å². The maximum atomic E-state index is 13.6. The van der Waals surface area contributed by atoms with Gasteiger partial charge in [-0.2, -0.15) is 0 Å². The van der Waals surface area contributed by atoms with E-state index in [-0.39, 0.29) is 11.4 Å². The van der Waals surface area contributed by atoms with Crippen LogP contribution in [0.5, 0.6) is 0 Å². The zero-order valence-electron chi connectivity index (χ0n) is 19.1. The fourth-order valence-electron chi connectivity index (χ4n) is 3.88. The van der Waals surface area contributed by atoms with Crippen molar-refractivity contribution in [3.8, 4) is 0 Å². The van der Waals surface area contributed by atoms with Gasteiger partial charge >= 0.3 is 0 Å². The Morgan fingerprint density at radius 3 is 2.03 bits per heavy atom. The molecule has 0 aliphatic heterocycles. The predicted octanol–water partition coefficient (Wildman–Crippen LogP) is 5.86. The number of carbonyl (C=O) groups is 1. The lowest BCUT2D eigenvalue weighted by molar-refractivity contribution is -0.120. The summed E-state index contributed by atoms with van der Waals surface area (Å²) in [5.41, 5.74) is 3.30. The summed E-state index contributed by atoms with van der Waals surface area (Å²) >= 11 is 3.38. The lowest BCUT2D eigenvalue weighted by atomic mass is 9.95. The fraction of sp³-hybridized carbons (Fsp3) is 0.107.